The molecular weight excluding hydrogens is 258 g/mol. The summed E-state index contributed by atoms with van der Waals surface area (Å²) in [5.74, 6) is 1.25. The fourth-order valence-electron chi connectivity index (χ4n) is 2.75. The van der Waals surface area contributed by atoms with Gasteiger partial charge in [0.15, 0.2) is 0 Å². The summed E-state index contributed by atoms with van der Waals surface area (Å²) in [6.07, 6.45) is 2.06. The van der Waals surface area contributed by atoms with E-state index in [1.807, 2.05) is 6.07 Å². The van der Waals surface area contributed by atoms with Crippen molar-refractivity contribution in [3.63, 3.8) is 0 Å². The number of aryl methyl sites for hydroxylation is 2. The number of rotatable bonds is 6. The lowest BCUT2D eigenvalue weighted by atomic mass is 9.89. The van der Waals surface area contributed by atoms with E-state index in [-0.39, 0.29) is 0 Å². The van der Waals surface area contributed by atoms with Crippen molar-refractivity contribution in [3.05, 3.63) is 64.7 Å². The van der Waals surface area contributed by atoms with Gasteiger partial charge in [-0.3, -0.25) is 0 Å². The summed E-state index contributed by atoms with van der Waals surface area (Å²) < 4.78 is 5.28. The molecule has 2 heteroatoms. The second-order valence-corrected chi connectivity index (χ2v) is 5.53. The second-order valence-electron chi connectivity index (χ2n) is 5.53. The second kappa shape index (κ2) is 7.28. The average Bonchev–Trinajstić information content (AvgIpc) is 2.53. The third kappa shape index (κ3) is 3.85. The largest absolute Gasteiger partial charge is 0.497 e. The van der Waals surface area contributed by atoms with Crippen LogP contribution >= 0.6 is 0 Å². The summed E-state index contributed by atoms with van der Waals surface area (Å²) in [6.45, 7) is 4.96. The van der Waals surface area contributed by atoms with Gasteiger partial charge in [0, 0.05) is 5.92 Å². The molecule has 2 rings (SSSR count). The fraction of sp³-hybridized carbons (Fsp3) is 0.368. The maximum absolute atomic E-state index is 6.02. The van der Waals surface area contributed by atoms with Crippen LogP contribution in [0.15, 0.2) is 42.5 Å². The SMILES string of the molecule is CCc1ccc(CC(CN)c2ccc(OC)cc2C)cc1. The van der Waals surface area contributed by atoms with Crippen LogP contribution in [0.5, 0.6) is 5.75 Å². The molecule has 2 N–H and O–H groups in total. The molecule has 0 spiro atoms. The molecule has 0 fully saturated rings. The smallest absolute Gasteiger partial charge is 0.119 e. The third-order valence-electron chi connectivity index (χ3n) is 4.11. The van der Waals surface area contributed by atoms with Gasteiger partial charge in [0.1, 0.15) is 5.75 Å². The van der Waals surface area contributed by atoms with Crippen LogP contribution in [0.2, 0.25) is 0 Å². The lowest BCUT2D eigenvalue weighted by Gasteiger charge is -2.18. The normalized spacial score (nSPS) is 12.2. The zero-order valence-corrected chi connectivity index (χ0v) is 13.2. The van der Waals surface area contributed by atoms with Gasteiger partial charge >= 0.3 is 0 Å². The quantitative estimate of drug-likeness (QED) is 0.874. The molecule has 0 heterocycles. The molecule has 2 nitrogen and oxygen atoms in total. The van der Waals surface area contributed by atoms with Gasteiger partial charge in [0.05, 0.1) is 7.11 Å². The molecule has 1 atom stereocenters. The van der Waals surface area contributed by atoms with Crippen molar-refractivity contribution < 1.29 is 4.74 Å². The van der Waals surface area contributed by atoms with Crippen LogP contribution in [-0.2, 0) is 12.8 Å². The van der Waals surface area contributed by atoms with E-state index >= 15 is 0 Å². The first-order valence-electron chi connectivity index (χ1n) is 7.60. The summed E-state index contributed by atoms with van der Waals surface area (Å²) in [4.78, 5) is 0. The molecule has 0 saturated heterocycles. The first-order chi connectivity index (χ1) is 10.2. The Hall–Kier alpha value is -1.80. The number of benzene rings is 2. The van der Waals surface area contributed by atoms with E-state index in [2.05, 4.69) is 50.2 Å². The number of ether oxygens (including phenoxy) is 1. The van der Waals surface area contributed by atoms with Crippen LogP contribution < -0.4 is 10.5 Å². The summed E-state index contributed by atoms with van der Waals surface area (Å²) in [5, 5.41) is 0. The monoisotopic (exact) mass is 283 g/mol. The Balaban J connectivity index is 2.18. The third-order valence-corrected chi connectivity index (χ3v) is 4.11. The van der Waals surface area contributed by atoms with Gasteiger partial charge in [0.25, 0.3) is 0 Å². The summed E-state index contributed by atoms with van der Waals surface area (Å²) in [5.41, 5.74) is 11.3. The van der Waals surface area contributed by atoms with Crippen LogP contribution in [0.1, 0.15) is 35.1 Å². The highest BCUT2D eigenvalue weighted by molar-refractivity contribution is 5.38. The van der Waals surface area contributed by atoms with Crippen LogP contribution in [0, 0.1) is 6.92 Å². The summed E-state index contributed by atoms with van der Waals surface area (Å²) >= 11 is 0. The van der Waals surface area contributed by atoms with E-state index in [1.165, 1.54) is 22.3 Å². The zero-order valence-electron chi connectivity index (χ0n) is 13.2. The maximum Gasteiger partial charge on any atom is 0.119 e. The Labute approximate surface area is 127 Å². The molecule has 0 bridgehead atoms. The number of hydrogen-bond donors (Lipinski definition) is 1. The molecule has 0 saturated carbocycles. The molecule has 1 unspecified atom stereocenters. The molecule has 2 aromatic carbocycles. The minimum atomic E-state index is 0.350. The van der Waals surface area contributed by atoms with E-state index < -0.39 is 0 Å². The molecule has 0 aliphatic heterocycles. The highest BCUT2D eigenvalue weighted by Gasteiger charge is 2.13. The highest BCUT2D eigenvalue weighted by atomic mass is 16.5. The van der Waals surface area contributed by atoms with Gasteiger partial charge in [-0.15, -0.1) is 0 Å². The van der Waals surface area contributed by atoms with Crippen molar-refractivity contribution >= 4 is 0 Å². The van der Waals surface area contributed by atoms with Gasteiger partial charge in [-0.25, -0.2) is 0 Å². The minimum Gasteiger partial charge on any atom is -0.497 e. The predicted molar refractivity (Wildman–Crippen MR) is 89.1 cm³/mol. The molecule has 2 aromatic rings. The minimum absolute atomic E-state index is 0.350. The van der Waals surface area contributed by atoms with E-state index in [1.54, 1.807) is 7.11 Å². The predicted octanol–water partition coefficient (Wildman–Crippen LogP) is 3.85. The van der Waals surface area contributed by atoms with Crippen molar-refractivity contribution in [1.29, 1.82) is 0 Å². The fourth-order valence-corrected chi connectivity index (χ4v) is 2.75. The van der Waals surface area contributed by atoms with Crippen molar-refractivity contribution in [3.8, 4) is 5.75 Å². The number of hydrogen-bond acceptors (Lipinski definition) is 2. The first kappa shape index (κ1) is 15.6. The Morgan fingerprint density at radius 2 is 1.71 bits per heavy atom. The Kier molecular flexibility index (Phi) is 5.40. The molecule has 0 aliphatic carbocycles. The highest BCUT2D eigenvalue weighted by Crippen LogP contribution is 2.26. The lowest BCUT2D eigenvalue weighted by Crippen LogP contribution is -2.16. The Bertz CT molecular complexity index is 575. The molecule has 0 aliphatic rings. The van der Waals surface area contributed by atoms with Crippen LogP contribution in [-0.4, -0.2) is 13.7 Å². The van der Waals surface area contributed by atoms with Crippen LogP contribution in [0.4, 0.5) is 0 Å². The van der Waals surface area contributed by atoms with Crippen molar-refractivity contribution in [1.82, 2.24) is 0 Å². The average molecular weight is 283 g/mol. The van der Waals surface area contributed by atoms with E-state index in [0.29, 0.717) is 12.5 Å². The van der Waals surface area contributed by atoms with Gasteiger partial charge in [0.2, 0.25) is 0 Å². The van der Waals surface area contributed by atoms with Crippen molar-refractivity contribution in [2.24, 2.45) is 5.73 Å². The van der Waals surface area contributed by atoms with Gasteiger partial charge in [-0.1, -0.05) is 37.3 Å². The van der Waals surface area contributed by atoms with Crippen LogP contribution in [0.25, 0.3) is 0 Å². The number of methoxy groups -OCH3 is 1. The molecular formula is C19H25NO. The van der Waals surface area contributed by atoms with E-state index in [4.69, 9.17) is 10.5 Å². The van der Waals surface area contributed by atoms with Gasteiger partial charge in [-0.05, 0) is 60.7 Å². The van der Waals surface area contributed by atoms with Gasteiger partial charge in [-0.2, -0.15) is 0 Å². The Morgan fingerprint density at radius 1 is 1.05 bits per heavy atom. The zero-order chi connectivity index (χ0) is 15.2. The number of nitrogens with two attached hydrogens (primary N) is 1. The van der Waals surface area contributed by atoms with Crippen molar-refractivity contribution in [2.75, 3.05) is 13.7 Å². The standard InChI is InChI=1S/C19H25NO/c1-4-15-5-7-16(8-6-15)12-17(13-20)19-10-9-18(21-3)11-14(19)2/h5-11,17H,4,12-13,20H2,1-3H3. The van der Waals surface area contributed by atoms with Crippen LogP contribution in [0.3, 0.4) is 0 Å². The van der Waals surface area contributed by atoms with E-state index in [9.17, 15) is 0 Å². The topological polar surface area (TPSA) is 35.2 Å². The Morgan fingerprint density at radius 3 is 2.24 bits per heavy atom. The summed E-state index contributed by atoms with van der Waals surface area (Å²) in [7, 11) is 1.70. The maximum atomic E-state index is 6.02. The lowest BCUT2D eigenvalue weighted by molar-refractivity contribution is 0.414. The molecule has 0 amide bonds. The van der Waals surface area contributed by atoms with Gasteiger partial charge < -0.3 is 10.5 Å². The van der Waals surface area contributed by atoms with Crippen molar-refractivity contribution in [2.45, 2.75) is 32.6 Å². The molecule has 112 valence electrons. The molecule has 0 aromatic heterocycles. The van der Waals surface area contributed by atoms with E-state index in [0.717, 1.165) is 18.6 Å². The summed E-state index contributed by atoms with van der Waals surface area (Å²) in [6, 6.07) is 15.1. The molecule has 21 heavy (non-hydrogen) atoms. The molecule has 0 radical (unpaired) electrons. The first-order valence-corrected chi connectivity index (χ1v) is 7.60.